The van der Waals surface area contributed by atoms with Crippen molar-refractivity contribution < 1.29 is 4.79 Å². The van der Waals surface area contributed by atoms with Crippen molar-refractivity contribution in [2.75, 3.05) is 0 Å². The van der Waals surface area contributed by atoms with Gasteiger partial charge in [0.15, 0.2) is 5.78 Å². The number of carbonyl (C=O) groups excluding carboxylic acids is 1. The Kier molecular flexibility index (Phi) is 2.75. The van der Waals surface area contributed by atoms with Gasteiger partial charge in [-0.2, -0.15) is 0 Å². The lowest BCUT2D eigenvalue weighted by atomic mass is 10.0. The standard InChI is InChI=1S/C17H16O/c1-2-3-6-14-10-15-9-12-7-4-5-8-13(12)11-16(15)17(14)18/h4-5,7-11H,2-3,6H2,1H3. The van der Waals surface area contributed by atoms with Crippen molar-refractivity contribution in [1.29, 1.82) is 0 Å². The third-order valence-electron chi connectivity index (χ3n) is 3.58. The molecule has 2 aromatic carbocycles. The summed E-state index contributed by atoms with van der Waals surface area (Å²) in [6, 6.07) is 12.4. The molecule has 0 atom stereocenters. The number of benzene rings is 2. The highest BCUT2D eigenvalue weighted by atomic mass is 16.1. The Morgan fingerprint density at radius 2 is 1.78 bits per heavy atom. The molecule has 0 saturated carbocycles. The normalized spacial score (nSPS) is 13.8. The first-order valence-electron chi connectivity index (χ1n) is 6.57. The van der Waals surface area contributed by atoms with Crippen molar-refractivity contribution in [2.45, 2.75) is 26.2 Å². The number of unbranched alkanes of at least 4 members (excludes halogenated alkanes) is 1. The topological polar surface area (TPSA) is 17.1 Å². The Bertz CT molecular complexity index is 650. The quantitative estimate of drug-likeness (QED) is 0.760. The van der Waals surface area contributed by atoms with E-state index in [1.807, 2.05) is 18.2 Å². The fourth-order valence-corrected chi connectivity index (χ4v) is 2.55. The van der Waals surface area contributed by atoms with Crippen LogP contribution < -0.4 is 0 Å². The first-order valence-corrected chi connectivity index (χ1v) is 6.57. The number of Topliss-reactive ketones (excluding diaryl/α,β-unsaturated/α-hetero) is 1. The zero-order chi connectivity index (χ0) is 12.5. The van der Waals surface area contributed by atoms with E-state index in [0.717, 1.165) is 41.3 Å². The largest absolute Gasteiger partial charge is 0.289 e. The van der Waals surface area contributed by atoms with E-state index in [2.05, 4.69) is 31.2 Å². The average molecular weight is 236 g/mol. The molecule has 0 heterocycles. The summed E-state index contributed by atoms with van der Waals surface area (Å²) in [6.45, 7) is 2.15. The summed E-state index contributed by atoms with van der Waals surface area (Å²) in [5, 5.41) is 2.35. The third-order valence-corrected chi connectivity index (χ3v) is 3.58. The van der Waals surface area contributed by atoms with Crippen LogP contribution in [-0.2, 0) is 0 Å². The highest BCUT2D eigenvalue weighted by Gasteiger charge is 2.22. The van der Waals surface area contributed by atoms with E-state index < -0.39 is 0 Å². The van der Waals surface area contributed by atoms with Crippen LogP contribution >= 0.6 is 0 Å². The maximum atomic E-state index is 12.3. The van der Waals surface area contributed by atoms with Crippen LogP contribution in [0.2, 0.25) is 0 Å². The van der Waals surface area contributed by atoms with Crippen LogP contribution in [0.1, 0.15) is 42.1 Å². The number of fused-ring (bicyclic) bond motifs is 2. The molecule has 1 aliphatic rings. The Morgan fingerprint density at radius 1 is 1.06 bits per heavy atom. The first kappa shape index (κ1) is 11.2. The molecule has 0 aromatic heterocycles. The zero-order valence-corrected chi connectivity index (χ0v) is 10.6. The van der Waals surface area contributed by atoms with Gasteiger partial charge in [0.25, 0.3) is 0 Å². The number of carbonyl (C=O) groups is 1. The molecule has 1 aliphatic carbocycles. The molecule has 1 nitrogen and oxygen atoms in total. The van der Waals surface area contributed by atoms with E-state index in [1.165, 1.54) is 5.39 Å². The van der Waals surface area contributed by atoms with Crippen molar-refractivity contribution in [3.8, 4) is 0 Å². The minimum atomic E-state index is 0.226. The van der Waals surface area contributed by atoms with E-state index >= 15 is 0 Å². The van der Waals surface area contributed by atoms with E-state index in [-0.39, 0.29) is 5.78 Å². The Balaban J connectivity index is 2.06. The predicted molar refractivity (Wildman–Crippen MR) is 75.8 cm³/mol. The van der Waals surface area contributed by atoms with Gasteiger partial charge in [-0.05, 0) is 47.4 Å². The minimum absolute atomic E-state index is 0.226. The summed E-state index contributed by atoms with van der Waals surface area (Å²) in [4.78, 5) is 12.3. The van der Waals surface area contributed by atoms with Crippen LogP contribution in [0.3, 0.4) is 0 Å². The van der Waals surface area contributed by atoms with Crippen LogP contribution in [0, 0.1) is 0 Å². The number of ketones is 1. The number of allylic oxidation sites excluding steroid dienone is 1. The van der Waals surface area contributed by atoms with Crippen molar-refractivity contribution >= 4 is 22.6 Å². The highest BCUT2D eigenvalue weighted by molar-refractivity contribution is 6.19. The Labute approximate surface area is 107 Å². The number of hydrogen-bond donors (Lipinski definition) is 0. The monoisotopic (exact) mass is 236 g/mol. The van der Waals surface area contributed by atoms with Crippen LogP contribution in [0.5, 0.6) is 0 Å². The van der Waals surface area contributed by atoms with E-state index in [4.69, 9.17) is 0 Å². The molecule has 0 unspecified atom stereocenters. The molecule has 3 rings (SSSR count). The molecule has 0 aliphatic heterocycles. The Morgan fingerprint density at radius 3 is 2.50 bits per heavy atom. The van der Waals surface area contributed by atoms with Gasteiger partial charge in [-0.15, -0.1) is 0 Å². The van der Waals surface area contributed by atoms with Crippen molar-refractivity contribution in [3.05, 3.63) is 53.1 Å². The highest BCUT2D eigenvalue weighted by Crippen LogP contribution is 2.31. The molecule has 90 valence electrons. The maximum Gasteiger partial charge on any atom is 0.189 e. The smallest absolute Gasteiger partial charge is 0.189 e. The molecule has 2 aromatic rings. The summed E-state index contributed by atoms with van der Waals surface area (Å²) < 4.78 is 0. The summed E-state index contributed by atoms with van der Waals surface area (Å²) in [5.41, 5.74) is 2.94. The molecule has 0 N–H and O–H groups in total. The summed E-state index contributed by atoms with van der Waals surface area (Å²) in [5.74, 6) is 0.226. The minimum Gasteiger partial charge on any atom is -0.289 e. The van der Waals surface area contributed by atoms with Gasteiger partial charge >= 0.3 is 0 Å². The van der Waals surface area contributed by atoms with Crippen LogP contribution in [0.25, 0.3) is 16.8 Å². The average Bonchev–Trinajstić information content (AvgIpc) is 2.70. The SMILES string of the molecule is CCCCC1=Cc2cc3ccccc3cc2C1=O. The first-order chi connectivity index (χ1) is 8.79. The summed E-state index contributed by atoms with van der Waals surface area (Å²) in [6.07, 6.45) is 5.19. The summed E-state index contributed by atoms with van der Waals surface area (Å²) in [7, 11) is 0. The van der Waals surface area contributed by atoms with Crippen molar-refractivity contribution in [2.24, 2.45) is 0 Å². The van der Waals surface area contributed by atoms with Crippen LogP contribution in [-0.4, -0.2) is 5.78 Å². The van der Waals surface area contributed by atoms with E-state index in [0.29, 0.717) is 0 Å². The van der Waals surface area contributed by atoms with Gasteiger partial charge in [0, 0.05) is 11.1 Å². The van der Waals surface area contributed by atoms with Gasteiger partial charge in [-0.3, -0.25) is 4.79 Å². The fraction of sp³-hybridized carbons (Fsp3) is 0.235. The molecule has 0 saturated heterocycles. The van der Waals surface area contributed by atoms with Gasteiger partial charge in [-0.25, -0.2) is 0 Å². The van der Waals surface area contributed by atoms with Gasteiger partial charge < -0.3 is 0 Å². The lowest BCUT2D eigenvalue weighted by molar-refractivity contribution is 0.103. The van der Waals surface area contributed by atoms with Gasteiger partial charge in [0.2, 0.25) is 0 Å². The predicted octanol–water partition coefficient (Wildman–Crippen LogP) is 4.61. The zero-order valence-electron chi connectivity index (χ0n) is 10.6. The van der Waals surface area contributed by atoms with Gasteiger partial charge in [-0.1, -0.05) is 37.6 Å². The number of rotatable bonds is 3. The molecule has 0 bridgehead atoms. The second kappa shape index (κ2) is 4.41. The Hall–Kier alpha value is -1.89. The third kappa shape index (κ3) is 1.76. The molecule has 1 heteroatoms. The second-order valence-corrected chi connectivity index (χ2v) is 4.89. The molecular weight excluding hydrogens is 220 g/mol. The second-order valence-electron chi connectivity index (χ2n) is 4.89. The summed E-state index contributed by atoms with van der Waals surface area (Å²) >= 11 is 0. The number of hydrogen-bond acceptors (Lipinski definition) is 1. The fourth-order valence-electron chi connectivity index (χ4n) is 2.55. The molecule has 0 amide bonds. The molecule has 0 spiro atoms. The maximum absolute atomic E-state index is 12.3. The van der Waals surface area contributed by atoms with Crippen molar-refractivity contribution in [1.82, 2.24) is 0 Å². The van der Waals surface area contributed by atoms with E-state index in [1.54, 1.807) is 0 Å². The van der Waals surface area contributed by atoms with Crippen molar-refractivity contribution in [3.63, 3.8) is 0 Å². The van der Waals surface area contributed by atoms with Gasteiger partial charge in [0.05, 0.1) is 0 Å². The lowest BCUT2D eigenvalue weighted by Crippen LogP contribution is -1.98. The molecule has 0 fully saturated rings. The molecular formula is C17H16O. The van der Waals surface area contributed by atoms with Crippen LogP contribution in [0.4, 0.5) is 0 Å². The lowest BCUT2D eigenvalue weighted by Gasteiger charge is -2.02. The van der Waals surface area contributed by atoms with Gasteiger partial charge in [0.1, 0.15) is 0 Å². The van der Waals surface area contributed by atoms with Crippen LogP contribution in [0.15, 0.2) is 42.0 Å². The molecule has 18 heavy (non-hydrogen) atoms. The molecule has 0 radical (unpaired) electrons. The van der Waals surface area contributed by atoms with E-state index in [9.17, 15) is 4.79 Å².